The van der Waals surface area contributed by atoms with E-state index in [1.165, 1.54) is 22.8 Å². The Morgan fingerprint density at radius 2 is 1.81 bits per heavy atom. The molecule has 0 fully saturated rings. The average molecular weight is 374 g/mol. The second-order valence-electron chi connectivity index (χ2n) is 5.83. The van der Waals surface area contributed by atoms with Crippen molar-refractivity contribution in [1.29, 1.82) is 0 Å². The lowest BCUT2D eigenvalue weighted by Gasteiger charge is -2.15. The van der Waals surface area contributed by atoms with Crippen molar-refractivity contribution in [2.24, 2.45) is 0 Å². The molecule has 0 amide bonds. The van der Waals surface area contributed by atoms with Gasteiger partial charge in [0.1, 0.15) is 0 Å². The molecule has 3 rings (SSSR count). The van der Waals surface area contributed by atoms with Gasteiger partial charge >= 0.3 is 11.4 Å². The summed E-state index contributed by atoms with van der Waals surface area (Å²) in [6.07, 6.45) is 0. The molecular formula is C18H18N2O5S. The Kier molecular flexibility index (Phi) is 4.80. The molecule has 1 unspecified atom stereocenters. The molecule has 136 valence electrons. The average Bonchev–Trinajstić information content (AvgIpc) is 2.62. The zero-order valence-electron chi connectivity index (χ0n) is 14.3. The Hall–Kier alpha value is -2.71. The molecule has 0 radical (unpaired) electrons. The third-order valence-electron chi connectivity index (χ3n) is 4.14. The number of hydrogen-bond donors (Lipinski definition) is 1. The van der Waals surface area contributed by atoms with Crippen molar-refractivity contribution in [1.82, 2.24) is 9.29 Å². The van der Waals surface area contributed by atoms with Crippen molar-refractivity contribution in [3.63, 3.8) is 0 Å². The first-order valence-corrected chi connectivity index (χ1v) is 9.57. The highest BCUT2D eigenvalue weighted by Gasteiger charge is 2.20. The molecule has 1 atom stereocenters. The molecule has 0 spiro atoms. The van der Waals surface area contributed by atoms with Crippen LogP contribution in [0.25, 0.3) is 10.9 Å². The van der Waals surface area contributed by atoms with Crippen molar-refractivity contribution in [2.75, 3.05) is 0 Å². The predicted octanol–water partition coefficient (Wildman–Crippen LogP) is 2.01. The summed E-state index contributed by atoms with van der Waals surface area (Å²) in [4.78, 5) is 23.7. The number of benzene rings is 2. The summed E-state index contributed by atoms with van der Waals surface area (Å²) in [6.45, 7) is 3.76. The van der Waals surface area contributed by atoms with E-state index in [2.05, 4.69) is 9.14 Å². The van der Waals surface area contributed by atoms with Gasteiger partial charge in [-0.1, -0.05) is 30.3 Å². The van der Waals surface area contributed by atoms with Crippen LogP contribution in [0.4, 0.5) is 0 Å². The van der Waals surface area contributed by atoms with Gasteiger partial charge in [-0.3, -0.25) is 4.57 Å². The van der Waals surface area contributed by atoms with Crippen LogP contribution < -0.4 is 16.1 Å². The van der Waals surface area contributed by atoms with E-state index in [4.69, 9.17) is 0 Å². The number of rotatable bonds is 5. The van der Waals surface area contributed by atoms with Crippen LogP contribution in [0.2, 0.25) is 0 Å². The van der Waals surface area contributed by atoms with E-state index in [0.717, 1.165) is 5.56 Å². The standard InChI is InChI=1S/C18H18N2O5S/c1-3-20-16-10-9-14(11-15(16)17(21)25-18(20)22)26(23,24)19-12(2)13-7-5-4-6-8-13/h4-12,19H,3H2,1-2H3. The van der Waals surface area contributed by atoms with Gasteiger partial charge < -0.3 is 4.42 Å². The van der Waals surface area contributed by atoms with Crippen LogP contribution in [0.15, 0.2) is 67.4 Å². The Balaban J connectivity index is 2.04. The van der Waals surface area contributed by atoms with Crippen LogP contribution in [0.5, 0.6) is 0 Å². The molecule has 0 saturated heterocycles. The summed E-state index contributed by atoms with van der Waals surface area (Å²) in [5.41, 5.74) is 0.294. The van der Waals surface area contributed by atoms with Crippen LogP contribution in [-0.2, 0) is 16.6 Å². The maximum atomic E-state index is 12.7. The number of sulfonamides is 1. The summed E-state index contributed by atoms with van der Waals surface area (Å²) >= 11 is 0. The molecular weight excluding hydrogens is 356 g/mol. The first kappa shape index (κ1) is 18.1. The largest absolute Gasteiger partial charge is 0.422 e. The fourth-order valence-electron chi connectivity index (χ4n) is 2.78. The fraction of sp³-hybridized carbons (Fsp3) is 0.222. The van der Waals surface area contributed by atoms with E-state index in [1.54, 1.807) is 13.8 Å². The fourth-order valence-corrected chi connectivity index (χ4v) is 4.04. The highest BCUT2D eigenvalue weighted by atomic mass is 32.2. The molecule has 7 nitrogen and oxygen atoms in total. The quantitative estimate of drug-likeness (QED) is 0.737. The summed E-state index contributed by atoms with van der Waals surface area (Å²) in [6, 6.07) is 12.7. The lowest BCUT2D eigenvalue weighted by Crippen LogP contribution is -2.28. The van der Waals surface area contributed by atoms with Gasteiger partial charge in [0.2, 0.25) is 10.0 Å². The number of hydrogen-bond acceptors (Lipinski definition) is 5. The minimum atomic E-state index is -3.86. The van der Waals surface area contributed by atoms with Crippen molar-refractivity contribution >= 4 is 20.9 Å². The molecule has 2 aromatic carbocycles. The second-order valence-corrected chi connectivity index (χ2v) is 7.55. The minimum Gasteiger partial charge on any atom is -0.372 e. The maximum Gasteiger partial charge on any atom is 0.422 e. The van der Waals surface area contributed by atoms with Gasteiger partial charge in [-0.05, 0) is 37.6 Å². The van der Waals surface area contributed by atoms with E-state index in [-0.39, 0.29) is 10.3 Å². The van der Waals surface area contributed by atoms with E-state index in [1.807, 2.05) is 30.3 Å². The summed E-state index contributed by atoms with van der Waals surface area (Å²) < 4.78 is 33.9. The Labute approximate surface area is 149 Å². The molecule has 3 aromatic rings. The number of aryl methyl sites for hydroxylation is 1. The summed E-state index contributed by atoms with van der Waals surface area (Å²) in [5.74, 6) is -0.767. The number of nitrogens with one attached hydrogen (secondary N) is 1. The molecule has 1 aromatic heterocycles. The summed E-state index contributed by atoms with van der Waals surface area (Å²) in [5, 5.41) is 0.0432. The topological polar surface area (TPSA) is 98.4 Å². The number of nitrogens with zero attached hydrogens (tertiary/aromatic N) is 1. The Morgan fingerprint density at radius 3 is 2.46 bits per heavy atom. The SMILES string of the molecule is CCn1c(=O)oc(=O)c2cc(S(=O)(=O)NC(C)c3ccccc3)ccc21. The van der Waals surface area contributed by atoms with Crippen LogP contribution >= 0.6 is 0 Å². The van der Waals surface area contributed by atoms with Gasteiger partial charge in [-0.2, -0.15) is 0 Å². The smallest absolute Gasteiger partial charge is 0.372 e. The molecule has 26 heavy (non-hydrogen) atoms. The molecule has 0 aliphatic heterocycles. The van der Waals surface area contributed by atoms with Gasteiger partial charge in [0.05, 0.1) is 15.8 Å². The molecule has 1 N–H and O–H groups in total. The summed E-state index contributed by atoms with van der Waals surface area (Å²) in [7, 11) is -3.86. The highest BCUT2D eigenvalue weighted by Crippen LogP contribution is 2.19. The second kappa shape index (κ2) is 6.89. The van der Waals surface area contributed by atoms with Crippen molar-refractivity contribution < 1.29 is 12.8 Å². The lowest BCUT2D eigenvalue weighted by molar-refractivity contribution is 0.421. The molecule has 0 aliphatic rings. The van der Waals surface area contributed by atoms with Gasteiger partial charge in [-0.25, -0.2) is 22.7 Å². The number of aromatic nitrogens is 1. The zero-order chi connectivity index (χ0) is 18.9. The first-order valence-electron chi connectivity index (χ1n) is 8.08. The van der Waals surface area contributed by atoms with Crippen LogP contribution in [0.3, 0.4) is 0 Å². The third-order valence-corrected chi connectivity index (χ3v) is 5.68. The molecule has 0 bridgehead atoms. The Morgan fingerprint density at radius 1 is 1.12 bits per heavy atom. The Bertz CT molecular complexity index is 1160. The van der Waals surface area contributed by atoms with Gasteiger partial charge in [-0.15, -0.1) is 0 Å². The molecule has 0 aliphatic carbocycles. The van der Waals surface area contributed by atoms with Crippen LogP contribution in [0, 0.1) is 0 Å². The van der Waals surface area contributed by atoms with E-state index in [0.29, 0.717) is 12.1 Å². The van der Waals surface area contributed by atoms with Crippen molar-refractivity contribution in [2.45, 2.75) is 31.3 Å². The molecule has 0 saturated carbocycles. The third kappa shape index (κ3) is 3.33. The van der Waals surface area contributed by atoms with E-state index >= 15 is 0 Å². The van der Waals surface area contributed by atoms with E-state index in [9.17, 15) is 18.0 Å². The maximum absolute atomic E-state index is 12.7. The van der Waals surface area contributed by atoms with E-state index < -0.39 is 27.4 Å². The van der Waals surface area contributed by atoms with Crippen molar-refractivity contribution in [3.8, 4) is 0 Å². The molecule has 8 heteroatoms. The lowest BCUT2D eigenvalue weighted by atomic mass is 10.1. The number of fused-ring (bicyclic) bond motifs is 1. The van der Waals surface area contributed by atoms with Crippen LogP contribution in [0.1, 0.15) is 25.5 Å². The van der Waals surface area contributed by atoms with Crippen molar-refractivity contribution in [3.05, 3.63) is 75.1 Å². The molecule has 1 heterocycles. The zero-order valence-corrected chi connectivity index (χ0v) is 15.1. The monoisotopic (exact) mass is 374 g/mol. The predicted molar refractivity (Wildman–Crippen MR) is 97.6 cm³/mol. The van der Waals surface area contributed by atoms with Crippen LogP contribution in [-0.4, -0.2) is 13.0 Å². The minimum absolute atomic E-state index is 0.0432. The van der Waals surface area contributed by atoms with Gasteiger partial charge in [0.25, 0.3) is 0 Å². The normalized spacial score (nSPS) is 13.0. The van der Waals surface area contributed by atoms with Gasteiger partial charge in [0.15, 0.2) is 0 Å². The van der Waals surface area contributed by atoms with Gasteiger partial charge in [0, 0.05) is 12.6 Å². The highest BCUT2D eigenvalue weighted by molar-refractivity contribution is 7.89. The first-order chi connectivity index (χ1) is 12.3.